The highest BCUT2D eigenvalue weighted by Gasteiger charge is 2.27. The number of nitrogens with one attached hydrogen (secondary N) is 1. The number of amides is 2. The maximum absolute atomic E-state index is 12.2. The van der Waals surface area contributed by atoms with Gasteiger partial charge in [-0.25, -0.2) is 0 Å². The highest BCUT2D eigenvalue weighted by atomic mass is 16.5. The van der Waals surface area contributed by atoms with E-state index in [0.29, 0.717) is 22.9 Å². The molecule has 6 nitrogen and oxygen atoms in total. The van der Waals surface area contributed by atoms with Gasteiger partial charge in [0, 0.05) is 11.7 Å². The molecule has 0 spiro atoms. The van der Waals surface area contributed by atoms with Crippen molar-refractivity contribution in [1.29, 1.82) is 0 Å². The first-order chi connectivity index (χ1) is 13.0. The first kappa shape index (κ1) is 18.8. The van der Waals surface area contributed by atoms with Crippen LogP contribution in [-0.4, -0.2) is 31.1 Å². The Morgan fingerprint density at radius 2 is 2.07 bits per heavy atom. The summed E-state index contributed by atoms with van der Waals surface area (Å²) in [7, 11) is 0. The Balaban J connectivity index is 1.67. The molecule has 0 saturated heterocycles. The van der Waals surface area contributed by atoms with Gasteiger partial charge in [0.25, 0.3) is 11.8 Å². The van der Waals surface area contributed by atoms with Crippen molar-refractivity contribution in [3.63, 3.8) is 0 Å². The topological polar surface area (TPSA) is 67.9 Å². The number of aryl methyl sites for hydroxylation is 1. The van der Waals surface area contributed by atoms with Gasteiger partial charge in [0.15, 0.2) is 13.2 Å². The van der Waals surface area contributed by atoms with Gasteiger partial charge in [0.05, 0.1) is 5.69 Å². The molecule has 0 atom stereocenters. The second-order valence-electron chi connectivity index (χ2n) is 6.67. The van der Waals surface area contributed by atoms with E-state index in [1.54, 1.807) is 23.1 Å². The van der Waals surface area contributed by atoms with Gasteiger partial charge in [-0.15, -0.1) is 0 Å². The van der Waals surface area contributed by atoms with Crippen molar-refractivity contribution in [1.82, 2.24) is 0 Å². The molecule has 6 heteroatoms. The van der Waals surface area contributed by atoms with Gasteiger partial charge >= 0.3 is 0 Å². The van der Waals surface area contributed by atoms with Crippen LogP contribution in [0.25, 0.3) is 0 Å². The van der Waals surface area contributed by atoms with Gasteiger partial charge in [-0.3, -0.25) is 9.59 Å². The summed E-state index contributed by atoms with van der Waals surface area (Å²) in [6.45, 7) is 5.89. The van der Waals surface area contributed by atoms with E-state index in [2.05, 4.69) is 12.2 Å². The Bertz CT molecular complexity index is 848. The van der Waals surface area contributed by atoms with Crippen LogP contribution in [0, 0.1) is 0 Å². The number of carbonyl (C=O) groups excluding carboxylic acids is 2. The van der Waals surface area contributed by atoms with Gasteiger partial charge in [0.2, 0.25) is 0 Å². The zero-order valence-electron chi connectivity index (χ0n) is 15.8. The lowest BCUT2D eigenvalue weighted by Crippen LogP contribution is -2.43. The largest absolute Gasteiger partial charge is 0.484 e. The molecule has 2 amide bonds. The zero-order valence-corrected chi connectivity index (χ0v) is 15.8. The first-order valence-corrected chi connectivity index (χ1v) is 9.08. The maximum Gasteiger partial charge on any atom is 0.265 e. The monoisotopic (exact) mass is 368 g/mol. The molecule has 0 unspecified atom stereocenters. The second-order valence-corrected chi connectivity index (χ2v) is 6.67. The number of anilines is 2. The molecule has 3 rings (SSSR count). The molecule has 2 aromatic carbocycles. The average molecular weight is 368 g/mol. The second kappa shape index (κ2) is 8.12. The van der Waals surface area contributed by atoms with E-state index in [9.17, 15) is 9.59 Å². The SMILES string of the molecule is CCc1cccc(OCC(=O)Nc2ccc3c(c2)N(C(C)C)C(=O)CO3)c1. The molecule has 2 aromatic rings. The Hall–Kier alpha value is -3.02. The van der Waals surface area contributed by atoms with Crippen molar-refractivity contribution in [2.45, 2.75) is 33.2 Å². The summed E-state index contributed by atoms with van der Waals surface area (Å²) in [5.41, 5.74) is 2.41. The Morgan fingerprint density at radius 1 is 1.26 bits per heavy atom. The third-order valence-corrected chi connectivity index (χ3v) is 4.32. The summed E-state index contributed by atoms with van der Waals surface area (Å²) in [5, 5.41) is 2.81. The molecule has 0 aliphatic carbocycles. The van der Waals surface area contributed by atoms with Crippen LogP contribution in [-0.2, 0) is 16.0 Å². The maximum atomic E-state index is 12.2. The molecule has 1 heterocycles. The highest BCUT2D eigenvalue weighted by molar-refractivity contribution is 6.00. The van der Waals surface area contributed by atoms with E-state index in [1.165, 1.54) is 0 Å². The van der Waals surface area contributed by atoms with Crippen molar-refractivity contribution in [2.75, 3.05) is 23.4 Å². The molecular formula is C21H24N2O4. The van der Waals surface area contributed by atoms with Crippen molar-refractivity contribution < 1.29 is 19.1 Å². The van der Waals surface area contributed by atoms with Gasteiger partial charge < -0.3 is 19.7 Å². The van der Waals surface area contributed by atoms with E-state index in [4.69, 9.17) is 9.47 Å². The Kier molecular flexibility index (Phi) is 5.64. The number of carbonyl (C=O) groups is 2. The van der Waals surface area contributed by atoms with Crippen LogP contribution in [0.1, 0.15) is 26.3 Å². The van der Waals surface area contributed by atoms with Crippen molar-refractivity contribution in [3.8, 4) is 11.5 Å². The number of hydrogen-bond acceptors (Lipinski definition) is 4. The van der Waals surface area contributed by atoms with E-state index in [0.717, 1.165) is 12.0 Å². The van der Waals surface area contributed by atoms with Gasteiger partial charge in [-0.2, -0.15) is 0 Å². The van der Waals surface area contributed by atoms with E-state index < -0.39 is 0 Å². The molecule has 0 aromatic heterocycles. The molecule has 1 aliphatic rings. The predicted octanol–water partition coefficient (Wildman–Crippen LogP) is 3.40. The number of ether oxygens (including phenoxy) is 2. The third kappa shape index (κ3) is 4.39. The molecule has 1 aliphatic heterocycles. The number of benzene rings is 2. The number of rotatable bonds is 6. The lowest BCUT2D eigenvalue weighted by molar-refractivity contribution is -0.121. The standard InChI is InChI=1S/C21H24N2O4/c1-4-15-6-5-7-17(10-15)26-12-20(24)22-16-8-9-19-18(11-16)23(14(2)3)21(25)13-27-19/h5-11,14H,4,12-13H2,1-3H3,(H,22,24). The van der Waals surface area contributed by atoms with Crippen molar-refractivity contribution in [2.24, 2.45) is 0 Å². The Morgan fingerprint density at radius 3 is 2.81 bits per heavy atom. The smallest absolute Gasteiger partial charge is 0.265 e. The number of hydrogen-bond donors (Lipinski definition) is 1. The van der Waals surface area contributed by atoms with Gasteiger partial charge in [0.1, 0.15) is 11.5 Å². The average Bonchev–Trinajstić information content (AvgIpc) is 2.66. The molecule has 0 bridgehead atoms. The fourth-order valence-corrected chi connectivity index (χ4v) is 3.02. The summed E-state index contributed by atoms with van der Waals surface area (Å²) < 4.78 is 11.0. The lowest BCUT2D eigenvalue weighted by Gasteiger charge is -2.32. The van der Waals surface area contributed by atoms with Gasteiger partial charge in [-0.05, 0) is 56.2 Å². The summed E-state index contributed by atoms with van der Waals surface area (Å²) in [6.07, 6.45) is 0.908. The highest BCUT2D eigenvalue weighted by Crippen LogP contribution is 2.35. The molecule has 142 valence electrons. The third-order valence-electron chi connectivity index (χ3n) is 4.32. The summed E-state index contributed by atoms with van der Waals surface area (Å²) in [4.78, 5) is 26.1. The van der Waals surface area contributed by atoms with E-state index in [1.807, 2.05) is 38.1 Å². The van der Waals surface area contributed by atoms with E-state index >= 15 is 0 Å². The molecule has 0 radical (unpaired) electrons. The van der Waals surface area contributed by atoms with Crippen LogP contribution < -0.4 is 19.7 Å². The molecule has 0 fully saturated rings. The minimum absolute atomic E-state index is 0.000256. The normalized spacial score (nSPS) is 13.2. The van der Waals surface area contributed by atoms with E-state index in [-0.39, 0.29) is 31.1 Å². The number of fused-ring (bicyclic) bond motifs is 1. The van der Waals surface area contributed by atoms with Crippen LogP contribution in [0.4, 0.5) is 11.4 Å². The van der Waals surface area contributed by atoms with Crippen LogP contribution in [0.5, 0.6) is 11.5 Å². The van der Waals surface area contributed by atoms with Crippen LogP contribution in [0.2, 0.25) is 0 Å². The van der Waals surface area contributed by atoms with Crippen LogP contribution >= 0.6 is 0 Å². The minimum atomic E-state index is -0.268. The zero-order chi connectivity index (χ0) is 19.4. The first-order valence-electron chi connectivity index (χ1n) is 9.08. The summed E-state index contributed by atoms with van der Waals surface area (Å²) >= 11 is 0. The molecule has 1 N–H and O–H groups in total. The fourth-order valence-electron chi connectivity index (χ4n) is 3.02. The van der Waals surface area contributed by atoms with Gasteiger partial charge in [-0.1, -0.05) is 19.1 Å². The minimum Gasteiger partial charge on any atom is -0.484 e. The van der Waals surface area contributed by atoms with Crippen molar-refractivity contribution >= 4 is 23.2 Å². The Labute approximate surface area is 159 Å². The predicted molar refractivity (Wildman–Crippen MR) is 105 cm³/mol. The number of nitrogens with zero attached hydrogens (tertiary/aromatic N) is 1. The molecule has 27 heavy (non-hydrogen) atoms. The lowest BCUT2D eigenvalue weighted by atomic mass is 10.1. The summed E-state index contributed by atoms with van der Waals surface area (Å²) in [6, 6.07) is 12.9. The fraction of sp³-hybridized carbons (Fsp3) is 0.333. The van der Waals surface area contributed by atoms with Crippen LogP contribution in [0.15, 0.2) is 42.5 Å². The van der Waals surface area contributed by atoms with Crippen LogP contribution in [0.3, 0.4) is 0 Å². The molecular weight excluding hydrogens is 344 g/mol. The summed E-state index contributed by atoms with van der Waals surface area (Å²) in [5.74, 6) is 0.935. The quantitative estimate of drug-likeness (QED) is 0.849. The van der Waals surface area contributed by atoms with Crippen molar-refractivity contribution in [3.05, 3.63) is 48.0 Å². The molecule has 0 saturated carbocycles.